The predicted octanol–water partition coefficient (Wildman–Crippen LogP) is 1.36. The fourth-order valence-corrected chi connectivity index (χ4v) is 3.46. The van der Waals surface area contributed by atoms with Crippen LogP contribution in [-0.4, -0.2) is 45.2 Å². The minimum atomic E-state index is -2.89. The Morgan fingerprint density at radius 1 is 1.47 bits per heavy atom. The predicted molar refractivity (Wildman–Crippen MR) is 70.0 cm³/mol. The Morgan fingerprint density at radius 2 is 2.18 bits per heavy atom. The van der Waals surface area contributed by atoms with E-state index in [2.05, 4.69) is 12.2 Å². The fourth-order valence-electron chi connectivity index (χ4n) is 2.46. The van der Waals surface area contributed by atoms with Crippen molar-refractivity contribution >= 4 is 9.84 Å². The molecule has 1 N–H and O–H groups in total. The van der Waals surface area contributed by atoms with Crippen LogP contribution < -0.4 is 5.32 Å². The van der Waals surface area contributed by atoms with Gasteiger partial charge in [0.1, 0.15) is 9.84 Å². The van der Waals surface area contributed by atoms with Gasteiger partial charge in [0, 0.05) is 24.9 Å². The first-order valence-electron chi connectivity index (χ1n) is 6.46. The standard InChI is InChI=1S/C12H25NO3S/c1-4-5-12-8-11(6-7-16-12)13-10(2)9-17(3,14)15/h10-13H,4-9H2,1-3H3. The zero-order valence-corrected chi connectivity index (χ0v) is 11.9. The van der Waals surface area contributed by atoms with Gasteiger partial charge in [0.15, 0.2) is 0 Å². The van der Waals surface area contributed by atoms with Gasteiger partial charge in [-0.2, -0.15) is 0 Å². The Balaban J connectivity index is 2.35. The van der Waals surface area contributed by atoms with Crippen LogP contribution in [0.5, 0.6) is 0 Å². The van der Waals surface area contributed by atoms with Crippen LogP contribution in [0.15, 0.2) is 0 Å². The van der Waals surface area contributed by atoms with Crippen molar-refractivity contribution in [1.82, 2.24) is 5.32 Å². The molecule has 4 nitrogen and oxygen atoms in total. The molecule has 1 fully saturated rings. The van der Waals surface area contributed by atoms with E-state index < -0.39 is 9.84 Å². The lowest BCUT2D eigenvalue weighted by atomic mass is 9.99. The molecule has 1 aliphatic rings. The Morgan fingerprint density at radius 3 is 2.76 bits per heavy atom. The van der Waals surface area contributed by atoms with E-state index in [1.165, 1.54) is 6.26 Å². The first-order chi connectivity index (χ1) is 7.90. The molecule has 1 saturated heterocycles. The molecule has 0 aromatic rings. The Hall–Kier alpha value is -0.130. The molecule has 0 amide bonds. The summed E-state index contributed by atoms with van der Waals surface area (Å²) >= 11 is 0. The maximum atomic E-state index is 11.2. The number of nitrogens with one attached hydrogen (secondary N) is 1. The van der Waals surface area contributed by atoms with Gasteiger partial charge in [-0.25, -0.2) is 8.42 Å². The quantitative estimate of drug-likeness (QED) is 0.786. The smallest absolute Gasteiger partial charge is 0.148 e. The molecule has 1 rings (SSSR count). The van der Waals surface area contributed by atoms with Gasteiger partial charge >= 0.3 is 0 Å². The van der Waals surface area contributed by atoms with Crippen molar-refractivity contribution in [2.75, 3.05) is 18.6 Å². The maximum Gasteiger partial charge on any atom is 0.148 e. The molecule has 0 radical (unpaired) electrons. The van der Waals surface area contributed by atoms with E-state index in [1.807, 2.05) is 6.92 Å². The van der Waals surface area contributed by atoms with E-state index in [9.17, 15) is 8.42 Å². The Bertz CT molecular complexity index is 314. The van der Waals surface area contributed by atoms with E-state index in [0.29, 0.717) is 12.1 Å². The second kappa shape index (κ2) is 6.71. The van der Waals surface area contributed by atoms with E-state index >= 15 is 0 Å². The highest BCUT2D eigenvalue weighted by Crippen LogP contribution is 2.18. The molecule has 1 heterocycles. The van der Waals surface area contributed by atoms with Crippen molar-refractivity contribution in [3.63, 3.8) is 0 Å². The second-order valence-electron chi connectivity index (χ2n) is 5.16. The van der Waals surface area contributed by atoms with E-state index in [0.717, 1.165) is 32.3 Å². The minimum absolute atomic E-state index is 0.0235. The van der Waals surface area contributed by atoms with Crippen LogP contribution in [0, 0.1) is 0 Å². The third-order valence-corrected chi connectivity index (χ3v) is 4.16. The highest BCUT2D eigenvalue weighted by molar-refractivity contribution is 7.90. The molecule has 3 atom stereocenters. The summed E-state index contributed by atoms with van der Waals surface area (Å²) in [5, 5.41) is 3.40. The highest BCUT2D eigenvalue weighted by Gasteiger charge is 2.23. The van der Waals surface area contributed by atoms with Crippen LogP contribution in [0.25, 0.3) is 0 Å². The van der Waals surface area contributed by atoms with Gasteiger partial charge in [-0.1, -0.05) is 13.3 Å². The summed E-state index contributed by atoms with van der Waals surface area (Å²) in [7, 11) is -2.89. The number of hydrogen-bond donors (Lipinski definition) is 1. The Kier molecular flexibility index (Phi) is 5.89. The normalized spacial score (nSPS) is 27.9. The monoisotopic (exact) mass is 263 g/mol. The van der Waals surface area contributed by atoms with Crippen LogP contribution in [0.2, 0.25) is 0 Å². The summed E-state index contributed by atoms with van der Waals surface area (Å²) in [5.41, 5.74) is 0. The van der Waals surface area contributed by atoms with Crippen molar-refractivity contribution in [2.45, 2.75) is 57.7 Å². The summed E-state index contributed by atoms with van der Waals surface area (Å²) < 4.78 is 28.0. The van der Waals surface area contributed by atoms with Gasteiger partial charge in [-0.05, 0) is 26.2 Å². The fraction of sp³-hybridized carbons (Fsp3) is 1.00. The number of hydrogen-bond acceptors (Lipinski definition) is 4. The molecule has 0 aliphatic carbocycles. The summed E-state index contributed by atoms with van der Waals surface area (Å²) in [6.45, 7) is 4.88. The number of sulfone groups is 1. The van der Waals surface area contributed by atoms with Gasteiger partial charge in [-0.3, -0.25) is 0 Å². The number of ether oxygens (including phenoxy) is 1. The van der Waals surface area contributed by atoms with Crippen LogP contribution >= 0.6 is 0 Å². The lowest BCUT2D eigenvalue weighted by Crippen LogP contribution is -2.45. The topological polar surface area (TPSA) is 55.4 Å². The first kappa shape index (κ1) is 14.9. The molecule has 5 heteroatoms. The minimum Gasteiger partial charge on any atom is -0.378 e. The van der Waals surface area contributed by atoms with Crippen LogP contribution in [-0.2, 0) is 14.6 Å². The summed E-state index contributed by atoms with van der Waals surface area (Å²) in [4.78, 5) is 0. The second-order valence-corrected chi connectivity index (χ2v) is 7.35. The zero-order chi connectivity index (χ0) is 12.9. The van der Waals surface area contributed by atoms with Gasteiger partial charge in [-0.15, -0.1) is 0 Å². The third-order valence-electron chi connectivity index (χ3n) is 3.05. The van der Waals surface area contributed by atoms with Gasteiger partial charge in [0.05, 0.1) is 11.9 Å². The van der Waals surface area contributed by atoms with E-state index in [4.69, 9.17) is 4.74 Å². The molecule has 17 heavy (non-hydrogen) atoms. The van der Waals surface area contributed by atoms with Crippen molar-refractivity contribution in [2.24, 2.45) is 0 Å². The molecule has 1 aliphatic heterocycles. The van der Waals surface area contributed by atoms with Gasteiger partial charge in [0.2, 0.25) is 0 Å². The molecule has 102 valence electrons. The number of rotatable bonds is 6. The van der Waals surface area contributed by atoms with Gasteiger partial charge < -0.3 is 10.1 Å². The maximum absolute atomic E-state index is 11.2. The molecule has 0 spiro atoms. The molecule has 3 unspecified atom stereocenters. The largest absolute Gasteiger partial charge is 0.378 e. The average molecular weight is 263 g/mol. The average Bonchev–Trinajstić information content (AvgIpc) is 2.15. The first-order valence-corrected chi connectivity index (χ1v) is 8.52. The van der Waals surface area contributed by atoms with Crippen LogP contribution in [0.3, 0.4) is 0 Å². The summed E-state index contributed by atoms with van der Waals surface area (Å²) in [6, 6.07) is 0.424. The molecule has 0 aromatic heterocycles. The molecular formula is C12H25NO3S. The molecule has 0 saturated carbocycles. The molecule has 0 bridgehead atoms. The highest BCUT2D eigenvalue weighted by atomic mass is 32.2. The summed E-state index contributed by atoms with van der Waals surface area (Å²) in [5.74, 6) is 0.211. The molecular weight excluding hydrogens is 238 g/mol. The molecule has 0 aromatic carbocycles. The van der Waals surface area contributed by atoms with Crippen LogP contribution in [0.4, 0.5) is 0 Å². The van der Waals surface area contributed by atoms with Crippen molar-refractivity contribution in [1.29, 1.82) is 0 Å². The van der Waals surface area contributed by atoms with Crippen molar-refractivity contribution in [3.8, 4) is 0 Å². The van der Waals surface area contributed by atoms with E-state index in [-0.39, 0.29) is 11.8 Å². The zero-order valence-electron chi connectivity index (χ0n) is 11.1. The SMILES string of the molecule is CCCC1CC(NC(C)CS(C)(=O)=O)CCO1. The third kappa shape index (κ3) is 6.38. The Labute approximate surface area is 105 Å². The van der Waals surface area contributed by atoms with Gasteiger partial charge in [0.25, 0.3) is 0 Å². The van der Waals surface area contributed by atoms with Crippen LogP contribution in [0.1, 0.15) is 39.5 Å². The lowest BCUT2D eigenvalue weighted by Gasteiger charge is -2.32. The van der Waals surface area contributed by atoms with Crippen molar-refractivity contribution in [3.05, 3.63) is 0 Å². The van der Waals surface area contributed by atoms with E-state index in [1.54, 1.807) is 0 Å². The van der Waals surface area contributed by atoms with Crippen molar-refractivity contribution < 1.29 is 13.2 Å². The lowest BCUT2D eigenvalue weighted by molar-refractivity contribution is -0.00427. The summed E-state index contributed by atoms with van der Waals surface area (Å²) in [6.07, 6.45) is 5.84.